The molecule has 1 heterocycles. The van der Waals surface area contributed by atoms with Crippen LogP contribution in [0.1, 0.15) is 31.3 Å². The number of rotatable bonds is 7. The van der Waals surface area contributed by atoms with Crippen molar-refractivity contribution in [3.63, 3.8) is 0 Å². The molecule has 0 aliphatic heterocycles. The van der Waals surface area contributed by atoms with Crippen LogP contribution in [0.25, 0.3) is 0 Å². The molecule has 1 N–H and O–H groups in total. The van der Waals surface area contributed by atoms with Gasteiger partial charge in [-0.15, -0.1) is 0 Å². The highest BCUT2D eigenvalue weighted by Crippen LogP contribution is 2.30. The monoisotopic (exact) mass is 222 g/mol. The molecule has 1 aliphatic rings. The summed E-state index contributed by atoms with van der Waals surface area (Å²) in [6.45, 7) is 6.34. The quantitative estimate of drug-likeness (QED) is 0.767. The predicted octanol–water partition coefficient (Wildman–Crippen LogP) is 2.23. The summed E-state index contributed by atoms with van der Waals surface area (Å²) in [6.07, 6.45) is 2.83. The molecular formula is C13H22N2O. The zero-order valence-corrected chi connectivity index (χ0v) is 10.3. The maximum atomic E-state index is 5.75. The Bertz CT molecular complexity index is 317. The lowest BCUT2D eigenvalue weighted by atomic mass is 10.3. The topological polar surface area (TPSA) is 28.4 Å². The highest BCUT2D eigenvalue weighted by atomic mass is 16.3. The van der Waals surface area contributed by atoms with E-state index in [2.05, 4.69) is 29.3 Å². The Morgan fingerprint density at radius 2 is 2.12 bits per heavy atom. The molecule has 1 aromatic rings. The molecule has 0 saturated heterocycles. The molecule has 1 aliphatic carbocycles. The molecule has 0 radical (unpaired) electrons. The molecule has 0 amide bonds. The number of hydrogen-bond donors (Lipinski definition) is 1. The van der Waals surface area contributed by atoms with Crippen molar-refractivity contribution in [2.75, 3.05) is 20.1 Å². The van der Waals surface area contributed by atoms with Gasteiger partial charge in [-0.1, -0.05) is 6.92 Å². The van der Waals surface area contributed by atoms with Crippen molar-refractivity contribution < 1.29 is 4.42 Å². The molecule has 3 nitrogen and oxygen atoms in total. The Morgan fingerprint density at radius 3 is 2.75 bits per heavy atom. The molecule has 1 aromatic heterocycles. The first-order chi connectivity index (χ1) is 7.81. The molecule has 90 valence electrons. The number of furan rings is 1. The number of hydrogen-bond acceptors (Lipinski definition) is 3. The standard InChI is InChI=1S/C13H22N2O/c1-3-15(9-11-4-5-11)10-13-7-6-12(16-13)8-14-2/h6-7,11,14H,3-5,8-10H2,1-2H3. The van der Waals surface area contributed by atoms with Crippen molar-refractivity contribution in [2.45, 2.75) is 32.9 Å². The van der Waals surface area contributed by atoms with Crippen LogP contribution in [0.2, 0.25) is 0 Å². The van der Waals surface area contributed by atoms with Crippen LogP contribution in [0.15, 0.2) is 16.5 Å². The number of nitrogens with one attached hydrogen (secondary N) is 1. The molecule has 0 spiro atoms. The predicted molar refractivity (Wildman–Crippen MR) is 65.1 cm³/mol. The average molecular weight is 222 g/mol. The summed E-state index contributed by atoms with van der Waals surface area (Å²) in [5.74, 6) is 3.07. The largest absolute Gasteiger partial charge is 0.463 e. The molecule has 2 rings (SSSR count). The van der Waals surface area contributed by atoms with Crippen LogP contribution < -0.4 is 5.32 Å². The van der Waals surface area contributed by atoms with Crippen molar-refractivity contribution >= 4 is 0 Å². The van der Waals surface area contributed by atoms with Gasteiger partial charge in [0.1, 0.15) is 11.5 Å². The molecule has 0 aromatic carbocycles. The fraction of sp³-hybridized carbons (Fsp3) is 0.692. The van der Waals surface area contributed by atoms with Crippen molar-refractivity contribution in [2.24, 2.45) is 5.92 Å². The summed E-state index contributed by atoms with van der Waals surface area (Å²) >= 11 is 0. The molecule has 16 heavy (non-hydrogen) atoms. The minimum Gasteiger partial charge on any atom is -0.463 e. The van der Waals surface area contributed by atoms with E-state index in [1.807, 2.05) is 7.05 Å². The van der Waals surface area contributed by atoms with Gasteiger partial charge in [-0.2, -0.15) is 0 Å². The Labute approximate surface area is 97.8 Å². The minimum atomic E-state index is 0.814. The fourth-order valence-corrected chi connectivity index (χ4v) is 1.97. The maximum absolute atomic E-state index is 5.75. The molecular weight excluding hydrogens is 200 g/mol. The fourth-order valence-electron chi connectivity index (χ4n) is 1.97. The second-order valence-corrected chi connectivity index (χ2v) is 4.67. The Morgan fingerprint density at radius 1 is 1.38 bits per heavy atom. The van der Waals surface area contributed by atoms with Gasteiger partial charge >= 0.3 is 0 Å². The average Bonchev–Trinajstić information content (AvgIpc) is 2.99. The van der Waals surface area contributed by atoms with Gasteiger partial charge in [-0.3, -0.25) is 4.90 Å². The summed E-state index contributed by atoms with van der Waals surface area (Å²) < 4.78 is 5.75. The van der Waals surface area contributed by atoms with Crippen LogP contribution in [0.3, 0.4) is 0 Å². The highest BCUT2D eigenvalue weighted by molar-refractivity contribution is 5.07. The van der Waals surface area contributed by atoms with E-state index in [0.717, 1.165) is 37.1 Å². The van der Waals surface area contributed by atoms with Crippen molar-refractivity contribution in [1.82, 2.24) is 10.2 Å². The van der Waals surface area contributed by atoms with E-state index in [4.69, 9.17) is 4.42 Å². The second kappa shape index (κ2) is 5.51. The van der Waals surface area contributed by atoms with Gasteiger partial charge in [-0.25, -0.2) is 0 Å². The molecule has 0 bridgehead atoms. The Kier molecular flexibility index (Phi) is 4.02. The summed E-state index contributed by atoms with van der Waals surface area (Å²) in [4.78, 5) is 2.47. The van der Waals surface area contributed by atoms with Crippen LogP contribution in [-0.2, 0) is 13.1 Å². The Hall–Kier alpha value is -0.800. The van der Waals surface area contributed by atoms with E-state index in [-0.39, 0.29) is 0 Å². The molecule has 3 heteroatoms. The third kappa shape index (κ3) is 3.35. The van der Waals surface area contributed by atoms with E-state index >= 15 is 0 Å². The van der Waals surface area contributed by atoms with Gasteiger partial charge in [0.2, 0.25) is 0 Å². The van der Waals surface area contributed by atoms with Gasteiger partial charge in [0.25, 0.3) is 0 Å². The maximum Gasteiger partial charge on any atom is 0.118 e. The molecule has 0 atom stereocenters. The summed E-state index contributed by atoms with van der Waals surface area (Å²) in [6, 6.07) is 4.17. The molecule has 0 unspecified atom stereocenters. The lowest BCUT2D eigenvalue weighted by Crippen LogP contribution is -2.24. The first kappa shape index (κ1) is 11.7. The first-order valence-electron chi connectivity index (χ1n) is 6.26. The van der Waals surface area contributed by atoms with Crippen LogP contribution >= 0.6 is 0 Å². The van der Waals surface area contributed by atoms with E-state index in [9.17, 15) is 0 Å². The summed E-state index contributed by atoms with van der Waals surface area (Å²) in [5.41, 5.74) is 0. The van der Waals surface area contributed by atoms with Gasteiger partial charge < -0.3 is 9.73 Å². The van der Waals surface area contributed by atoms with Gasteiger partial charge in [-0.05, 0) is 44.5 Å². The smallest absolute Gasteiger partial charge is 0.118 e. The SMILES string of the molecule is CCN(Cc1ccc(CNC)o1)CC1CC1. The van der Waals surface area contributed by atoms with Crippen LogP contribution in [0.5, 0.6) is 0 Å². The Balaban J connectivity index is 1.84. The highest BCUT2D eigenvalue weighted by Gasteiger charge is 2.23. The molecule has 1 saturated carbocycles. The molecule has 1 fully saturated rings. The van der Waals surface area contributed by atoms with E-state index in [1.165, 1.54) is 19.4 Å². The number of nitrogens with zero attached hydrogens (tertiary/aromatic N) is 1. The van der Waals surface area contributed by atoms with E-state index in [0.29, 0.717) is 0 Å². The van der Waals surface area contributed by atoms with Crippen molar-refractivity contribution in [3.8, 4) is 0 Å². The minimum absolute atomic E-state index is 0.814. The van der Waals surface area contributed by atoms with Crippen LogP contribution in [0, 0.1) is 5.92 Å². The third-order valence-corrected chi connectivity index (χ3v) is 3.11. The second-order valence-electron chi connectivity index (χ2n) is 4.67. The van der Waals surface area contributed by atoms with Gasteiger partial charge in [0, 0.05) is 6.54 Å². The van der Waals surface area contributed by atoms with Crippen molar-refractivity contribution in [1.29, 1.82) is 0 Å². The summed E-state index contributed by atoms with van der Waals surface area (Å²) in [7, 11) is 1.94. The lowest BCUT2D eigenvalue weighted by molar-refractivity contribution is 0.243. The third-order valence-electron chi connectivity index (χ3n) is 3.11. The first-order valence-corrected chi connectivity index (χ1v) is 6.26. The zero-order valence-electron chi connectivity index (χ0n) is 10.3. The van der Waals surface area contributed by atoms with Gasteiger partial charge in [0.15, 0.2) is 0 Å². The van der Waals surface area contributed by atoms with Crippen molar-refractivity contribution in [3.05, 3.63) is 23.7 Å². The van der Waals surface area contributed by atoms with E-state index < -0.39 is 0 Å². The normalized spacial score (nSPS) is 15.9. The van der Waals surface area contributed by atoms with Crippen LogP contribution in [-0.4, -0.2) is 25.0 Å². The zero-order chi connectivity index (χ0) is 11.4. The van der Waals surface area contributed by atoms with Gasteiger partial charge in [0.05, 0.1) is 13.1 Å². The lowest BCUT2D eigenvalue weighted by Gasteiger charge is -2.18. The van der Waals surface area contributed by atoms with Crippen LogP contribution in [0.4, 0.5) is 0 Å². The van der Waals surface area contributed by atoms with E-state index in [1.54, 1.807) is 0 Å². The summed E-state index contributed by atoms with van der Waals surface area (Å²) in [5, 5.41) is 3.10.